The van der Waals surface area contributed by atoms with E-state index in [1.165, 1.54) is 4.90 Å². The summed E-state index contributed by atoms with van der Waals surface area (Å²) in [7, 11) is 1.60. The first-order valence-electron chi connectivity index (χ1n) is 5.64. The van der Waals surface area contributed by atoms with Crippen molar-refractivity contribution in [1.29, 1.82) is 0 Å². The summed E-state index contributed by atoms with van der Waals surface area (Å²) in [6, 6.07) is -0.204. The molecule has 0 fully saturated rings. The third kappa shape index (κ3) is 8.08. The number of carboxylic acid groups (broad SMARTS) is 1. The third-order valence-corrected chi connectivity index (χ3v) is 2.24. The number of nitrogens with one attached hydrogen (secondary N) is 1. The zero-order valence-electron chi connectivity index (χ0n) is 10.3. The molecule has 5 heteroatoms. The smallest absolute Gasteiger partial charge is 0.317 e. The lowest BCUT2D eigenvalue weighted by Crippen LogP contribution is -2.38. The predicted molar refractivity (Wildman–Crippen MR) is 62.4 cm³/mol. The minimum absolute atomic E-state index is 0.0179. The molecule has 0 aromatic rings. The maximum absolute atomic E-state index is 11.4. The van der Waals surface area contributed by atoms with Crippen molar-refractivity contribution in [2.75, 3.05) is 20.1 Å². The molecule has 0 spiro atoms. The summed E-state index contributed by atoms with van der Waals surface area (Å²) in [6.45, 7) is 5.17. The monoisotopic (exact) mass is 230 g/mol. The van der Waals surface area contributed by atoms with E-state index in [-0.39, 0.29) is 19.0 Å². The predicted octanol–water partition coefficient (Wildman–Crippen LogP) is 1.54. The van der Waals surface area contributed by atoms with Gasteiger partial charge in [-0.05, 0) is 18.8 Å². The van der Waals surface area contributed by atoms with Gasteiger partial charge in [-0.15, -0.1) is 0 Å². The molecule has 0 heterocycles. The van der Waals surface area contributed by atoms with Gasteiger partial charge < -0.3 is 15.3 Å². The first-order chi connectivity index (χ1) is 7.43. The first-order valence-corrected chi connectivity index (χ1v) is 5.64. The van der Waals surface area contributed by atoms with Crippen molar-refractivity contribution in [2.24, 2.45) is 5.92 Å². The van der Waals surface area contributed by atoms with E-state index in [9.17, 15) is 9.59 Å². The van der Waals surface area contributed by atoms with Crippen LogP contribution in [0.3, 0.4) is 0 Å². The average molecular weight is 230 g/mol. The van der Waals surface area contributed by atoms with E-state index in [2.05, 4.69) is 19.2 Å². The fraction of sp³-hybridized carbons (Fsp3) is 0.818. The number of carbonyl (C=O) groups is 2. The van der Waals surface area contributed by atoms with Gasteiger partial charge in [-0.25, -0.2) is 4.79 Å². The minimum Gasteiger partial charge on any atom is -0.481 e. The molecule has 0 aromatic carbocycles. The highest BCUT2D eigenvalue weighted by Crippen LogP contribution is 2.01. The Morgan fingerprint density at radius 2 is 2.00 bits per heavy atom. The Hall–Kier alpha value is -1.26. The summed E-state index contributed by atoms with van der Waals surface area (Å²) >= 11 is 0. The van der Waals surface area contributed by atoms with Crippen LogP contribution in [-0.4, -0.2) is 42.1 Å². The standard InChI is InChI=1S/C11H22N2O3/c1-9(2)5-4-7-12-11(16)13(3)8-6-10(14)15/h9H,4-8H2,1-3H3,(H,12,16)(H,14,15). The van der Waals surface area contributed by atoms with Crippen LogP contribution >= 0.6 is 0 Å². The lowest BCUT2D eigenvalue weighted by molar-refractivity contribution is -0.137. The minimum atomic E-state index is -0.889. The zero-order valence-corrected chi connectivity index (χ0v) is 10.3. The molecule has 0 aliphatic heterocycles. The summed E-state index contributed by atoms with van der Waals surface area (Å²) in [6.07, 6.45) is 2.02. The lowest BCUT2D eigenvalue weighted by Gasteiger charge is -2.17. The van der Waals surface area contributed by atoms with E-state index in [1.54, 1.807) is 7.05 Å². The van der Waals surface area contributed by atoms with Gasteiger partial charge in [-0.2, -0.15) is 0 Å². The van der Waals surface area contributed by atoms with Crippen molar-refractivity contribution in [3.05, 3.63) is 0 Å². The van der Waals surface area contributed by atoms with Crippen LogP contribution in [0.4, 0.5) is 4.79 Å². The first kappa shape index (κ1) is 14.7. The fourth-order valence-corrected chi connectivity index (χ4v) is 1.21. The molecule has 2 amide bonds. The summed E-state index contributed by atoms with van der Waals surface area (Å²) in [5, 5.41) is 11.2. The lowest BCUT2D eigenvalue weighted by atomic mass is 10.1. The molecule has 94 valence electrons. The maximum Gasteiger partial charge on any atom is 0.317 e. The van der Waals surface area contributed by atoms with Crippen LogP contribution in [0, 0.1) is 5.92 Å². The number of urea groups is 1. The second-order valence-corrected chi connectivity index (χ2v) is 4.33. The van der Waals surface area contributed by atoms with E-state index in [1.807, 2.05) is 0 Å². The molecule has 0 aliphatic rings. The second kappa shape index (κ2) is 7.96. The fourth-order valence-electron chi connectivity index (χ4n) is 1.21. The van der Waals surface area contributed by atoms with Crippen molar-refractivity contribution >= 4 is 12.0 Å². The van der Waals surface area contributed by atoms with Gasteiger partial charge in [0, 0.05) is 20.1 Å². The van der Waals surface area contributed by atoms with E-state index in [0.717, 1.165) is 12.8 Å². The van der Waals surface area contributed by atoms with Gasteiger partial charge in [0.1, 0.15) is 0 Å². The van der Waals surface area contributed by atoms with Crippen LogP contribution in [0.15, 0.2) is 0 Å². The molecule has 0 atom stereocenters. The molecule has 0 saturated heterocycles. The van der Waals surface area contributed by atoms with Gasteiger partial charge in [0.15, 0.2) is 0 Å². The van der Waals surface area contributed by atoms with Crippen molar-refractivity contribution < 1.29 is 14.7 Å². The quantitative estimate of drug-likeness (QED) is 0.652. The van der Waals surface area contributed by atoms with Crippen molar-refractivity contribution in [3.8, 4) is 0 Å². The van der Waals surface area contributed by atoms with Crippen LogP contribution in [0.5, 0.6) is 0 Å². The SMILES string of the molecule is CC(C)CCCNC(=O)N(C)CCC(=O)O. The Bertz CT molecular complexity index is 229. The van der Waals surface area contributed by atoms with E-state index < -0.39 is 5.97 Å². The molecule has 0 radical (unpaired) electrons. The molecule has 0 aliphatic carbocycles. The summed E-state index contributed by atoms with van der Waals surface area (Å²) in [5.74, 6) is -0.249. The van der Waals surface area contributed by atoms with Crippen LogP contribution < -0.4 is 5.32 Å². The number of aliphatic carboxylic acids is 1. The van der Waals surface area contributed by atoms with Crippen LogP contribution in [0.2, 0.25) is 0 Å². The van der Waals surface area contributed by atoms with Crippen molar-refractivity contribution in [2.45, 2.75) is 33.1 Å². The average Bonchev–Trinajstić information content (AvgIpc) is 2.20. The summed E-state index contributed by atoms with van der Waals surface area (Å²) < 4.78 is 0. The van der Waals surface area contributed by atoms with Crippen LogP contribution in [0.1, 0.15) is 33.1 Å². The van der Waals surface area contributed by atoms with Gasteiger partial charge in [0.05, 0.1) is 6.42 Å². The maximum atomic E-state index is 11.4. The van der Waals surface area contributed by atoms with Gasteiger partial charge in [-0.1, -0.05) is 13.8 Å². The number of rotatable bonds is 7. The Labute approximate surface area is 96.8 Å². The zero-order chi connectivity index (χ0) is 12.6. The molecule has 0 aromatic heterocycles. The van der Waals surface area contributed by atoms with E-state index >= 15 is 0 Å². The number of carbonyl (C=O) groups excluding carboxylic acids is 1. The molecule has 0 bridgehead atoms. The van der Waals surface area contributed by atoms with Crippen LogP contribution in [-0.2, 0) is 4.79 Å². The van der Waals surface area contributed by atoms with Gasteiger partial charge in [-0.3, -0.25) is 4.79 Å². The van der Waals surface area contributed by atoms with Gasteiger partial charge in [0.25, 0.3) is 0 Å². The van der Waals surface area contributed by atoms with Crippen molar-refractivity contribution in [1.82, 2.24) is 10.2 Å². The molecular weight excluding hydrogens is 208 g/mol. The van der Waals surface area contributed by atoms with Crippen molar-refractivity contribution in [3.63, 3.8) is 0 Å². The Morgan fingerprint density at radius 3 is 2.50 bits per heavy atom. The van der Waals surface area contributed by atoms with Gasteiger partial charge in [0.2, 0.25) is 0 Å². The second-order valence-electron chi connectivity index (χ2n) is 4.33. The number of nitrogens with zero attached hydrogens (tertiary/aromatic N) is 1. The largest absolute Gasteiger partial charge is 0.481 e. The highest BCUT2D eigenvalue weighted by molar-refractivity contribution is 5.74. The van der Waals surface area contributed by atoms with Gasteiger partial charge >= 0.3 is 12.0 Å². The topological polar surface area (TPSA) is 69.6 Å². The van der Waals surface area contributed by atoms with E-state index in [4.69, 9.17) is 5.11 Å². The normalized spacial score (nSPS) is 10.2. The number of carboxylic acids is 1. The highest BCUT2D eigenvalue weighted by Gasteiger charge is 2.08. The number of hydrogen-bond donors (Lipinski definition) is 2. The Kier molecular flexibility index (Phi) is 7.33. The molecule has 16 heavy (non-hydrogen) atoms. The molecule has 0 unspecified atom stereocenters. The molecular formula is C11H22N2O3. The number of hydrogen-bond acceptors (Lipinski definition) is 2. The Morgan fingerprint density at radius 1 is 1.38 bits per heavy atom. The highest BCUT2D eigenvalue weighted by atomic mass is 16.4. The third-order valence-electron chi connectivity index (χ3n) is 2.24. The molecule has 2 N–H and O–H groups in total. The summed E-state index contributed by atoms with van der Waals surface area (Å²) in [5.41, 5.74) is 0. The van der Waals surface area contributed by atoms with E-state index in [0.29, 0.717) is 12.5 Å². The molecule has 0 rings (SSSR count). The Balaban J connectivity index is 3.59. The van der Waals surface area contributed by atoms with Crippen LogP contribution in [0.25, 0.3) is 0 Å². The molecule has 0 saturated carbocycles. The summed E-state index contributed by atoms with van der Waals surface area (Å²) in [4.78, 5) is 23.1. The number of amides is 2. The molecule has 5 nitrogen and oxygen atoms in total.